The van der Waals surface area contributed by atoms with Crippen molar-refractivity contribution in [2.45, 2.75) is 24.4 Å². The predicted octanol–water partition coefficient (Wildman–Crippen LogP) is 4.26. The molecule has 4 rings (SSSR count). The predicted molar refractivity (Wildman–Crippen MR) is 113 cm³/mol. The smallest absolute Gasteiger partial charge is 0.406 e. The van der Waals surface area contributed by atoms with Gasteiger partial charge in [-0.25, -0.2) is 22.6 Å². The van der Waals surface area contributed by atoms with Crippen molar-refractivity contribution >= 4 is 15.5 Å². The molecule has 0 aliphatic heterocycles. The van der Waals surface area contributed by atoms with Crippen molar-refractivity contribution in [1.82, 2.24) is 19.2 Å². The van der Waals surface area contributed by atoms with Crippen molar-refractivity contribution in [2.75, 3.05) is 5.75 Å². The molecule has 0 amide bonds. The average Bonchev–Trinajstić information content (AvgIpc) is 3.13. The number of rotatable bonds is 5. The van der Waals surface area contributed by atoms with Gasteiger partial charge in [0.15, 0.2) is 21.3 Å². The van der Waals surface area contributed by atoms with Crippen LogP contribution in [0.15, 0.2) is 64.5 Å². The maximum Gasteiger partial charge on any atom is 0.573 e. The summed E-state index contributed by atoms with van der Waals surface area (Å²) in [5.41, 5.74) is -2.22. The molecule has 36 heavy (non-hydrogen) atoms. The average molecular weight is 532 g/mol. The van der Waals surface area contributed by atoms with E-state index in [1.807, 2.05) is 0 Å². The number of hydrogen-bond donors (Lipinski definition) is 0. The summed E-state index contributed by atoms with van der Waals surface area (Å²) in [5.74, 6) is -1.48. The Morgan fingerprint density at radius 3 is 2.36 bits per heavy atom. The van der Waals surface area contributed by atoms with Gasteiger partial charge in [0.25, 0.3) is 0 Å². The van der Waals surface area contributed by atoms with Gasteiger partial charge in [0.1, 0.15) is 10.6 Å². The first-order chi connectivity index (χ1) is 16.7. The van der Waals surface area contributed by atoms with Crippen LogP contribution in [-0.4, -0.2) is 39.7 Å². The molecule has 0 spiro atoms. The van der Waals surface area contributed by atoms with Crippen molar-refractivity contribution in [2.24, 2.45) is 0 Å². The Labute approximate surface area is 198 Å². The number of nitrogens with zero attached hydrogens (tertiary/aromatic N) is 4. The zero-order valence-electron chi connectivity index (χ0n) is 18.0. The SMILES string of the molecule is CCS(=O)(=O)c1cc(-c2cccc(OC(F)(F)F)c2)cnc1-n1nc2ccc(C(F)(F)F)cn2c1=O. The van der Waals surface area contributed by atoms with Crippen molar-refractivity contribution in [3.05, 3.63) is 70.9 Å². The minimum absolute atomic E-state index is 0.0783. The van der Waals surface area contributed by atoms with Gasteiger partial charge in [-0.3, -0.25) is 0 Å². The molecule has 0 saturated heterocycles. The van der Waals surface area contributed by atoms with Crippen LogP contribution >= 0.6 is 0 Å². The monoisotopic (exact) mass is 532 g/mol. The second-order valence-electron chi connectivity index (χ2n) is 7.36. The lowest BCUT2D eigenvalue weighted by Gasteiger charge is -2.12. The van der Waals surface area contributed by atoms with Crippen LogP contribution in [0.1, 0.15) is 12.5 Å². The molecule has 0 atom stereocenters. The fourth-order valence-electron chi connectivity index (χ4n) is 3.29. The lowest BCUT2D eigenvalue weighted by atomic mass is 10.1. The van der Waals surface area contributed by atoms with Crippen LogP contribution in [0, 0.1) is 0 Å². The van der Waals surface area contributed by atoms with Gasteiger partial charge in [-0.15, -0.1) is 18.3 Å². The Balaban J connectivity index is 1.89. The van der Waals surface area contributed by atoms with E-state index >= 15 is 0 Å². The minimum atomic E-state index is -4.95. The third-order valence-electron chi connectivity index (χ3n) is 4.99. The molecular formula is C21H14F6N4O4S. The first-order valence-electron chi connectivity index (χ1n) is 9.97. The van der Waals surface area contributed by atoms with Crippen LogP contribution in [0.2, 0.25) is 0 Å². The summed E-state index contributed by atoms with van der Waals surface area (Å²) in [4.78, 5) is 16.3. The highest BCUT2D eigenvalue weighted by atomic mass is 32.2. The molecule has 15 heteroatoms. The van der Waals surface area contributed by atoms with E-state index in [2.05, 4.69) is 14.8 Å². The highest BCUT2D eigenvalue weighted by Crippen LogP contribution is 2.31. The van der Waals surface area contributed by atoms with Gasteiger partial charge < -0.3 is 4.74 Å². The van der Waals surface area contributed by atoms with Crippen molar-refractivity contribution in [3.8, 4) is 22.7 Å². The Hall–Kier alpha value is -3.88. The topological polar surface area (TPSA) is 95.6 Å². The highest BCUT2D eigenvalue weighted by molar-refractivity contribution is 7.91. The Kier molecular flexibility index (Phi) is 6.06. The molecular weight excluding hydrogens is 518 g/mol. The molecule has 0 bridgehead atoms. The van der Waals surface area contributed by atoms with Crippen LogP contribution in [0.4, 0.5) is 26.3 Å². The summed E-state index contributed by atoms with van der Waals surface area (Å²) < 4.78 is 108. The number of hydrogen-bond acceptors (Lipinski definition) is 6. The van der Waals surface area contributed by atoms with E-state index in [1.54, 1.807) is 0 Å². The summed E-state index contributed by atoms with van der Waals surface area (Å²) >= 11 is 0. The van der Waals surface area contributed by atoms with Gasteiger partial charge >= 0.3 is 18.2 Å². The summed E-state index contributed by atoms with van der Waals surface area (Å²) in [7, 11) is -4.09. The molecule has 1 aromatic carbocycles. The quantitative estimate of drug-likeness (QED) is 0.357. The van der Waals surface area contributed by atoms with E-state index in [9.17, 15) is 39.6 Å². The lowest BCUT2D eigenvalue weighted by Crippen LogP contribution is -2.23. The Morgan fingerprint density at radius 2 is 1.72 bits per heavy atom. The molecule has 0 radical (unpaired) electrons. The number of sulfone groups is 1. The van der Waals surface area contributed by atoms with E-state index in [1.165, 1.54) is 19.1 Å². The number of benzene rings is 1. The fourth-order valence-corrected chi connectivity index (χ4v) is 4.33. The maximum absolute atomic E-state index is 13.1. The lowest BCUT2D eigenvalue weighted by molar-refractivity contribution is -0.274. The molecule has 190 valence electrons. The molecule has 3 heterocycles. The molecule has 0 aliphatic carbocycles. The van der Waals surface area contributed by atoms with Gasteiger partial charge in [-0.1, -0.05) is 19.1 Å². The van der Waals surface area contributed by atoms with Crippen molar-refractivity contribution < 1.29 is 39.5 Å². The van der Waals surface area contributed by atoms with Crippen LogP contribution in [0.5, 0.6) is 5.75 Å². The summed E-state index contributed by atoms with van der Waals surface area (Å²) in [6, 6.07) is 7.44. The summed E-state index contributed by atoms with van der Waals surface area (Å²) in [6.45, 7) is 1.31. The van der Waals surface area contributed by atoms with Crippen LogP contribution < -0.4 is 10.4 Å². The maximum atomic E-state index is 13.1. The zero-order valence-corrected chi connectivity index (χ0v) is 18.8. The van der Waals surface area contributed by atoms with Gasteiger partial charge in [-0.2, -0.15) is 17.9 Å². The first kappa shape index (κ1) is 25.2. The third-order valence-corrected chi connectivity index (χ3v) is 6.72. The molecule has 0 unspecified atom stereocenters. The van der Waals surface area contributed by atoms with Gasteiger partial charge in [0.2, 0.25) is 0 Å². The number of aromatic nitrogens is 4. The fraction of sp³-hybridized carbons (Fsp3) is 0.190. The largest absolute Gasteiger partial charge is 0.573 e. The number of ether oxygens (including phenoxy) is 1. The Bertz CT molecular complexity index is 1620. The van der Waals surface area contributed by atoms with Gasteiger partial charge in [-0.05, 0) is 35.9 Å². The van der Waals surface area contributed by atoms with Crippen LogP contribution in [0.3, 0.4) is 0 Å². The van der Waals surface area contributed by atoms with E-state index in [-0.39, 0.29) is 16.8 Å². The minimum Gasteiger partial charge on any atom is -0.406 e. The molecule has 0 aliphatic rings. The van der Waals surface area contributed by atoms with Gasteiger partial charge in [0, 0.05) is 18.0 Å². The second-order valence-corrected chi connectivity index (χ2v) is 9.61. The number of halogens is 6. The van der Waals surface area contributed by atoms with Crippen molar-refractivity contribution in [1.29, 1.82) is 0 Å². The van der Waals surface area contributed by atoms with Gasteiger partial charge in [0.05, 0.1) is 11.3 Å². The first-order valence-corrected chi connectivity index (χ1v) is 11.6. The number of alkyl halides is 6. The summed E-state index contributed by atoms with van der Waals surface area (Å²) in [5, 5.41) is 3.90. The molecule has 8 nitrogen and oxygen atoms in total. The Morgan fingerprint density at radius 1 is 1.00 bits per heavy atom. The van der Waals surface area contributed by atoms with E-state index < -0.39 is 55.8 Å². The molecule has 0 N–H and O–H groups in total. The van der Waals surface area contributed by atoms with Crippen molar-refractivity contribution in [3.63, 3.8) is 0 Å². The van der Waals surface area contributed by atoms with E-state index in [0.717, 1.165) is 30.5 Å². The highest BCUT2D eigenvalue weighted by Gasteiger charge is 2.32. The molecule has 0 saturated carbocycles. The molecule has 3 aromatic heterocycles. The van der Waals surface area contributed by atoms with Crippen LogP contribution in [-0.2, 0) is 16.0 Å². The number of fused-ring (bicyclic) bond motifs is 1. The van der Waals surface area contributed by atoms with E-state index in [4.69, 9.17) is 0 Å². The van der Waals surface area contributed by atoms with E-state index in [0.29, 0.717) is 21.3 Å². The summed E-state index contributed by atoms with van der Waals surface area (Å²) in [6.07, 6.45) is -8.07. The van der Waals surface area contributed by atoms with Crippen LogP contribution in [0.25, 0.3) is 22.6 Å². The normalized spacial score (nSPS) is 12.8. The number of pyridine rings is 2. The second kappa shape index (κ2) is 8.65. The molecule has 0 fully saturated rings. The standard InChI is InChI=1S/C21H14F6N4O4S/c1-2-36(33,34)16-9-13(12-4-3-5-15(8-12)35-21(25,26)27)10-28-18(16)31-19(32)30-11-14(20(22,23)24)6-7-17(30)29-31/h3-11H,2H2,1H3. The molecule has 4 aromatic rings. The zero-order chi connectivity index (χ0) is 26.5. The third kappa shape index (κ3) is 4.91.